The van der Waals surface area contributed by atoms with Crippen LogP contribution in [-0.4, -0.2) is 29.5 Å². The Morgan fingerprint density at radius 1 is 1.29 bits per heavy atom. The van der Waals surface area contributed by atoms with Gasteiger partial charge in [0.25, 0.3) is 5.91 Å². The van der Waals surface area contributed by atoms with Gasteiger partial charge in [0.05, 0.1) is 12.2 Å². The van der Waals surface area contributed by atoms with E-state index in [0.29, 0.717) is 12.2 Å². The zero-order valence-electron chi connectivity index (χ0n) is 12.1. The van der Waals surface area contributed by atoms with Crippen LogP contribution in [0.25, 0.3) is 5.70 Å². The number of rotatable bonds is 2. The van der Waals surface area contributed by atoms with E-state index in [0.717, 1.165) is 22.6 Å². The van der Waals surface area contributed by atoms with Crippen molar-refractivity contribution in [1.29, 1.82) is 0 Å². The number of nitrogens with zero attached hydrogens (tertiary/aromatic N) is 2. The van der Waals surface area contributed by atoms with Crippen LogP contribution in [0.2, 0.25) is 0 Å². The molecule has 1 aromatic carbocycles. The fourth-order valence-electron chi connectivity index (χ4n) is 2.63. The molecule has 1 aliphatic heterocycles. The van der Waals surface area contributed by atoms with E-state index in [4.69, 9.17) is 5.73 Å². The van der Waals surface area contributed by atoms with Gasteiger partial charge in [-0.3, -0.25) is 4.79 Å². The first-order valence-electron chi connectivity index (χ1n) is 6.80. The molecule has 2 heterocycles. The molecule has 0 atom stereocenters. The van der Waals surface area contributed by atoms with Gasteiger partial charge in [-0.1, -0.05) is 18.2 Å². The highest BCUT2D eigenvalue weighted by Gasteiger charge is 2.22. The van der Waals surface area contributed by atoms with E-state index in [1.807, 2.05) is 60.1 Å². The van der Waals surface area contributed by atoms with Crippen molar-refractivity contribution in [3.8, 4) is 0 Å². The Morgan fingerprint density at radius 2 is 2.05 bits per heavy atom. The first kappa shape index (κ1) is 13.3. The van der Waals surface area contributed by atoms with E-state index < -0.39 is 5.91 Å². The number of nitrogens with one attached hydrogen (secondary N) is 1. The molecule has 5 heteroatoms. The number of nitrogens with two attached hydrogens (primary N) is 1. The number of amides is 1. The minimum Gasteiger partial charge on any atom is -0.382 e. The lowest BCUT2D eigenvalue weighted by Gasteiger charge is -2.17. The van der Waals surface area contributed by atoms with Crippen LogP contribution in [0.5, 0.6) is 0 Å². The van der Waals surface area contributed by atoms with Crippen molar-refractivity contribution in [2.24, 2.45) is 5.73 Å². The summed E-state index contributed by atoms with van der Waals surface area (Å²) in [6.45, 7) is 0.648. The molecule has 21 heavy (non-hydrogen) atoms. The number of primary amides is 1. The Morgan fingerprint density at radius 3 is 2.76 bits per heavy atom. The summed E-state index contributed by atoms with van der Waals surface area (Å²) in [7, 11) is 3.92. The second kappa shape index (κ2) is 5.01. The van der Waals surface area contributed by atoms with Gasteiger partial charge in [0.1, 0.15) is 5.69 Å². The van der Waals surface area contributed by atoms with Gasteiger partial charge in [-0.2, -0.15) is 0 Å². The topological polar surface area (TPSA) is 63.3 Å². The smallest absolute Gasteiger partial charge is 0.265 e. The maximum atomic E-state index is 11.7. The van der Waals surface area contributed by atoms with Gasteiger partial charge in [0.2, 0.25) is 0 Å². The molecule has 0 aliphatic carbocycles. The molecule has 0 fully saturated rings. The van der Waals surface area contributed by atoms with E-state index in [-0.39, 0.29) is 0 Å². The van der Waals surface area contributed by atoms with E-state index >= 15 is 0 Å². The minimum absolute atomic E-state index is 0.426. The van der Waals surface area contributed by atoms with Crippen LogP contribution in [-0.2, 0) is 6.54 Å². The molecule has 2 aromatic rings. The second-order valence-corrected chi connectivity index (χ2v) is 5.29. The van der Waals surface area contributed by atoms with Crippen LogP contribution in [0.15, 0.2) is 42.6 Å². The van der Waals surface area contributed by atoms with Crippen molar-refractivity contribution in [2.75, 3.05) is 19.4 Å². The molecular weight excluding hydrogens is 264 g/mol. The highest BCUT2D eigenvalue weighted by molar-refractivity contribution is 5.94. The first-order chi connectivity index (χ1) is 10.1. The first-order valence-corrected chi connectivity index (χ1v) is 6.80. The highest BCUT2D eigenvalue weighted by atomic mass is 16.1. The molecule has 0 radical (unpaired) electrons. The number of fused-ring (bicyclic) bond motifs is 2. The Balaban J connectivity index is 2.30. The molecule has 3 rings (SSSR count). The summed E-state index contributed by atoms with van der Waals surface area (Å²) in [5, 5.41) is 3.40. The third kappa shape index (κ3) is 2.27. The van der Waals surface area contributed by atoms with Gasteiger partial charge < -0.3 is 20.5 Å². The molecule has 1 aromatic heterocycles. The largest absolute Gasteiger partial charge is 0.382 e. The standard InChI is InChI=1S/C16H18N4O/c1-19(2)10-15-12-5-3-4-6-13(12)18-9-11-7-8-14(16(17)21)20(11)15/h3-8,10,18H,9H2,1-2H3,(H2,17,21)/b15-10+. The average Bonchev–Trinajstić information content (AvgIpc) is 2.80. The summed E-state index contributed by atoms with van der Waals surface area (Å²) in [5.74, 6) is -0.426. The van der Waals surface area contributed by atoms with Gasteiger partial charge in [0, 0.05) is 37.2 Å². The molecule has 0 bridgehead atoms. The molecule has 1 aliphatic rings. The Labute approximate surface area is 123 Å². The molecule has 0 unspecified atom stereocenters. The minimum atomic E-state index is -0.426. The van der Waals surface area contributed by atoms with Crippen LogP contribution in [0.3, 0.4) is 0 Å². The normalized spacial score (nSPS) is 14.9. The van der Waals surface area contributed by atoms with Crippen LogP contribution < -0.4 is 11.1 Å². The summed E-state index contributed by atoms with van der Waals surface area (Å²) in [6, 6.07) is 11.8. The molecule has 5 nitrogen and oxygen atoms in total. The van der Waals surface area contributed by atoms with Crippen LogP contribution in [0, 0.1) is 0 Å². The summed E-state index contributed by atoms with van der Waals surface area (Å²) in [6.07, 6.45) is 2.00. The summed E-state index contributed by atoms with van der Waals surface area (Å²) < 4.78 is 1.93. The molecule has 108 valence electrons. The van der Waals surface area contributed by atoms with Crippen molar-refractivity contribution in [1.82, 2.24) is 9.47 Å². The van der Waals surface area contributed by atoms with Crippen molar-refractivity contribution in [3.05, 3.63) is 59.5 Å². The van der Waals surface area contributed by atoms with Crippen molar-refractivity contribution in [3.63, 3.8) is 0 Å². The summed E-state index contributed by atoms with van der Waals surface area (Å²) in [4.78, 5) is 13.7. The van der Waals surface area contributed by atoms with E-state index in [2.05, 4.69) is 5.32 Å². The maximum Gasteiger partial charge on any atom is 0.265 e. The van der Waals surface area contributed by atoms with Gasteiger partial charge in [0.15, 0.2) is 0 Å². The number of aromatic nitrogens is 1. The van der Waals surface area contributed by atoms with Crippen LogP contribution in [0.4, 0.5) is 5.69 Å². The number of hydrogen-bond donors (Lipinski definition) is 2. The second-order valence-electron chi connectivity index (χ2n) is 5.29. The Bertz CT molecular complexity index is 728. The van der Waals surface area contributed by atoms with Crippen molar-refractivity contribution >= 4 is 17.3 Å². The zero-order valence-corrected chi connectivity index (χ0v) is 12.1. The number of carbonyl (C=O) groups is 1. The lowest BCUT2D eigenvalue weighted by Crippen LogP contribution is -2.19. The lowest BCUT2D eigenvalue weighted by molar-refractivity contribution is 0.0994. The molecule has 3 N–H and O–H groups in total. The molecule has 1 amide bonds. The molecule has 0 spiro atoms. The third-order valence-corrected chi connectivity index (χ3v) is 3.50. The maximum absolute atomic E-state index is 11.7. The number of para-hydroxylation sites is 1. The quantitative estimate of drug-likeness (QED) is 0.884. The predicted molar refractivity (Wildman–Crippen MR) is 83.8 cm³/mol. The number of carbonyl (C=O) groups excluding carboxylic acids is 1. The number of hydrogen-bond acceptors (Lipinski definition) is 3. The SMILES string of the molecule is CN(C)/C=C1\c2ccccc2NCc2ccc(C(N)=O)n21. The monoisotopic (exact) mass is 282 g/mol. The van der Waals surface area contributed by atoms with E-state index in [1.54, 1.807) is 6.07 Å². The van der Waals surface area contributed by atoms with Crippen molar-refractivity contribution < 1.29 is 4.79 Å². The zero-order chi connectivity index (χ0) is 15.0. The highest BCUT2D eigenvalue weighted by Crippen LogP contribution is 2.32. The van der Waals surface area contributed by atoms with Gasteiger partial charge in [-0.25, -0.2) is 0 Å². The van der Waals surface area contributed by atoms with Gasteiger partial charge in [-0.05, 0) is 18.2 Å². The van der Waals surface area contributed by atoms with Gasteiger partial charge >= 0.3 is 0 Å². The molecular formula is C16H18N4O. The number of anilines is 1. The van der Waals surface area contributed by atoms with E-state index in [1.165, 1.54) is 0 Å². The average molecular weight is 282 g/mol. The van der Waals surface area contributed by atoms with Gasteiger partial charge in [-0.15, -0.1) is 0 Å². The third-order valence-electron chi connectivity index (χ3n) is 3.50. The van der Waals surface area contributed by atoms with Crippen LogP contribution in [0.1, 0.15) is 21.7 Å². The molecule has 0 saturated carbocycles. The fourth-order valence-corrected chi connectivity index (χ4v) is 2.63. The molecule has 0 saturated heterocycles. The van der Waals surface area contributed by atoms with Crippen LogP contribution >= 0.6 is 0 Å². The Kier molecular flexibility index (Phi) is 3.17. The van der Waals surface area contributed by atoms with E-state index in [9.17, 15) is 4.79 Å². The summed E-state index contributed by atoms with van der Waals surface area (Å²) >= 11 is 0. The predicted octanol–water partition coefficient (Wildman–Crippen LogP) is 1.92. The Hall–Kier alpha value is -2.69. The summed E-state index contributed by atoms with van der Waals surface area (Å²) in [5.41, 5.74) is 10.1. The van der Waals surface area contributed by atoms with Crippen molar-refractivity contribution in [2.45, 2.75) is 6.54 Å². The number of benzene rings is 1. The fraction of sp³-hybridized carbons (Fsp3) is 0.188. The lowest BCUT2D eigenvalue weighted by atomic mass is 10.1.